The van der Waals surface area contributed by atoms with Crippen molar-refractivity contribution < 1.29 is 4.79 Å². The molecule has 1 atom stereocenters. The van der Waals surface area contributed by atoms with E-state index in [0.717, 1.165) is 9.99 Å². The van der Waals surface area contributed by atoms with Crippen LogP contribution in [-0.2, 0) is 0 Å². The van der Waals surface area contributed by atoms with Crippen LogP contribution in [0.3, 0.4) is 0 Å². The Morgan fingerprint density at radius 1 is 1.56 bits per heavy atom. The van der Waals surface area contributed by atoms with Crippen molar-refractivity contribution in [2.45, 2.75) is 25.8 Å². The number of amides is 1. The van der Waals surface area contributed by atoms with E-state index in [9.17, 15) is 4.79 Å². The summed E-state index contributed by atoms with van der Waals surface area (Å²) in [5.41, 5.74) is 0.707. The zero-order valence-electron chi connectivity index (χ0n) is 9.16. The Kier molecular flexibility index (Phi) is 5.33. The van der Waals surface area contributed by atoms with Crippen LogP contribution in [-0.4, -0.2) is 11.9 Å². The minimum atomic E-state index is -0.0490. The van der Waals surface area contributed by atoms with E-state index in [0.29, 0.717) is 12.0 Å². The Hall–Kier alpha value is -1.02. The van der Waals surface area contributed by atoms with E-state index in [1.807, 2.05) is 31.2 Å². The average molecular weight is 327 g/mol. The SMILES string of the molecule is C#CCC(CC)NC(=O)c1ccccc1I. The van der Waals surface area contributed by atoms with Crippen LogP contribution in [0.1, 0.15) is 30.1 Å². The highest BCUT2D eigenvalue weighted by Crippen LogP contribution is 2.11. The Morgan fingerprint density at radius 2 is 2.25 bits per heavy atom. The van der Waals surface area contributed by atoms with Gasteiger partial charge in [0.1, 0.15) is 0 Å². The van der Waals surface area contributed by atoms with Gasteiger partial charge in [-0.25, -0.2) is 0 Å². The van der Waals surface area contributed by atoms with Gasteiger partial charge in [-0.3, -0.25) is 4.79 Å². The molecule has 0 bridgehead atoms. The van der Waals surface area contributed by atoms with Gasteiger partial charge in [0, 0.05) is 16.0 Å². The maximum Gasteiger partial charge on any atom is 0.252 e. The Balaban J connectivity index is 2.73. The molecule has 3 heteroatoms. The molecule has 0 aliphatic rings. The van der Waals surface area contributed by atoms with Crippen LogP contribution in [0.4, 0.5) is 0 Å². The molecular weight excluding hydrogens is 313 g/mol. The standard InChI is InChI=1S/C13H14INO/c1-3-7-10(4-2)15-13(16)11-8-5-6-9-12(11)14/h1,5-6,8-10H,4,7H2,2H3,(H,15,16). The molecule has 1 rings (SSSR count). The largest absolute Gasteiger partial charge is 0.348 e. The number of hydrogen-bond donors (Lipinski definition) is 1. The van der Waals surface area contributed by atoms with Gasteiger partial charge in [0.05, 0.1) is 5.56 Å². The summed E-state index contributed by atoms with van der Waals surface area (Å²) in [7, 11) is 0. The predicted molar refractivity (Wildman–Crippen MR) is 74.2 cm³/mol. The van der Waals surface area contributed by atoms with Crippen molar-refractivity contribution in [1.29, 1.82) is 0 Å². The molecule has 2 nitrogen and oxygen atoms in total. The molecule has 0 fully saturated rings. The lowest BCUT2D eigenvalue weighted by Crippen LogP contribution is -2.34. The molecule has 84 valence electrons. The highest BCUT2D eigenvalue weighted by molar-refractivity contribution is 14.1. The van der Waals surface area contributed by atoms with Crippen molar-refractivity contribution in [1.82, 2.24) is 5.32 Å². The first-order chi connectivity index (χ1) is 7.69. The molecule has 0 aliphatic heterocycles. The molecule has 0 spiro atoms. The second kappa shape index (κ2) is 6.54. The molecule has 1 N–H and O–H groups in total. The predicted octanol–water partition coefficient (Wildman–Crippen LogP) is 2.82. The minimum Gasteiger partial charge on any atom is -0.348 e. The summed E-state index contributed by atoms with van der Waals surface area (Å²) in [4.78, 5) is 11.9. The fourth-order valence-electron chi connectivity index (χ4n) is 1.35. The summed E-state index contributed by atoms with van der Waals surface area (Å²) in [6, 6.07) is 7.57. The van der Waals surface area contributed by atoms with Gasteiger partial charge in [-0.2, -0.15) is 0 Å². The molecular formula is C13H14INO. The van der Waals surface area contributed by atoms with Crippen LogP contribution in [0.2, 0.25) is 0 Å². The summed E-state index contributed by atoms with van der Waals surface area (Å²) < 4.78 is 0.952. The molecule has 0 heterocycles. The maximum atomic E-state index is 11.9. The smallest absolute Gasteiger partial charge is 0.252 e. The lowest BCUT2D eigenvalue weighted by Gasteiger charge is -2.14. The summed E-state index contributed by atoms with van der Waals surface area (Å²) in [5.74, 6) is 2.52. The molecule has 0 aliphatic carbocycles. The van der Waals surface area contributed by atoms with Gasteiger partial charge in [-0.15, -0.1) is 12.3 Å². The molecule has 1 amide bonds. The van der Waals surface area contributed by atoms with Crippen molar-refractivity contribution in [2.24, 2.45) is 0 Å². The zero-order valence-corrected chi connectivity index (χ0v) is 11.3. The van der Waals surface area contributed by atoms with Crippen LogP contribution in [0.5, 0.6) is 0 Å². The lowest BCUT2D eigenvalue weighted by atomic mass is 10.1. The summed E-state index contributed by atoms with van der Waals surface area (Å²) in [6.07, 6.45) is 6.67. The number of nitrogens with one attached hydrogen (secondary N) is 1. The first kappa shape index (κ1) is 13.0. The molecule has 1 aromatic rings. The van der Waals surface area contributed by atoms with Crippen LogP contribution < -0.4 is 5.32 Å². The molecule has 0 saturated heterocycles. The number of carbonyl (C=O) groups is 1. The third-order valence-electron chi connectivity index (χ3n) is 2.31. The fraction of sp³-hybridized carbons (Fsp3) is 0.308. The first-order valence-corrected chi connectivity index (χ1v) is 6.25. The second-order valence-corrected chi connectivity index (χ2v) is 4.63. The van der Waals surface area contributed by atoms with E-state index in [1.54, 1.807) is 0 Å². The Labute approximate surface area is 110 Å². The molecule has 16 heavy (non-hydrogen) atoms. The monoisotopic (exact) mass is 327 g/mol. The van der Waals surface area contributed by atoms with Crippen molar-refractivity contribution in [3.05, 3.63) is 33.4 Å². The molecule has 1 aromatic carbocycles. The van der Waals surface area contributed by atoms with E-state index in [-0.39, 0.29) is 11.9 Å². The number of halogens is 1. The average Bonchev–Trinajstić information content (AvgIpc) is 2.28. The fourth-order valence-corrected chi connectivity index (χ4v) is 1.98. The highest BCUT2D eigenvalue weighted by Gasteiger charge is 2.12. The number of terminal acetylenes is 1. The second-order valence-electron chi connectivity index (χ2n) is 3.47. The normalized spacial score (nSPS) is 11.6. The van der Waals surface area contributed by atoms with E-state index in [2.05, 4.69) is 33.8 Å². The number of carbonyl (C=O) groups excluding carboxylic acids is 1. The van der Waals surface area contributed by atoms with Gasteiger partial charge >= 0.3 is 0 Å². The van der Waals surface area contributed by atoms with E-state index in [1.165, 1.54) is 0 Å². The van der Waals surface area contributed by atoms with Crippen molar-refractivity contribution in [3.63, 3.8) is 0 Å². The minimum absolute atomic E-state index is 0.0490. The third-order valence-corrected chi connectivity index (χ3v) is 3.25. The van der Waals surface area contributed by atoms with Crippen LogP contribution in [0, 0.1) is 15.9 Å². The molecule has 0 aromatic heterocycles. The summed E-state index contributed by atoms with van der Waals surface area (Å²) in [5, 5.41) is 2.94. The van der Waals surface area contributed by atoms with Crippen LogP contribution >= 0.6 is 22.6 Å². The van der Waals surface area contributed by atoms with Crippen LogP contribution in [0.15, 0.2) is 24.3 Å². The lowest BCUT2D eigenvalue weighted by molar-refractivity contribution is 0.0936. The quantitative estimate of drug-likeness (QED) is 0.669. The van der Waals surface area contributed by atoms with Gasteiger partial charge in [-0.1, -0.05) is 19.1 Å². The summed E-state index contributed by atoms with van der Waals surface area (Å²) >= 11 is 2.15. The number of benzene rings is 1. The van der Waals surface area contributed by atoms with Crippen molar-refractivity contribution in [2.75, 3.05) is 0 Å². The summed E-state index contributed by atoms with van der Waals surface area (Å²) in [6.45, 7) is 2.01. The van der Waals surface area contributed by atoms with E-state index >= 15 is 0 Å². The van der Waals surface area contributed by atoms with Gasteiger partial charge in [0.2, 0.25) is 0 Å². The highest BCUT2D eigenvalue weighted by atomic mass is 127. The molecule has 1 unspecified atom stereocenters. The Morgan fingerprint density at radius 3 is 2.81 bits per heavy atom. The molecule has 0 radical (unpaired) electrons. The Bertz CT molecular complexity index is 409. The van der Waals surface area contributed by atoms with Crippen molar-refractivity contribution in [3.8, 4) is 12.3 Å². The topological polar surface area (TPSA) is 29.1 Å². The number of rotatable bonds is 4. The zero-order chi connectivity index (χ0) is 12.0. The van der Waals surface area contributed by atoms with E-state index < -0.39 is 0 Å². The van der Waals surface area contributed by atoms with Gasteiger partial charge in [0.25, 0.3) is 5.91 Å². The van der Waals surface area contributed by atoms with Crippen molar-refractivity contribution >= 4 is 28.5 Å². The van der Waals surface area contributed by atoms with Gasteiger partial charge < -0.3 is 5.32 Å². The molecule has 0 saturated carbocycles. The van der Waals surface area contributed by atoms with E-state index in [4.69, 9.17) is 6.42 Å². The maximum absolute atomic E-state index is 11.9. The number of hydrogen-bond acceptors (Lipinski definition) is 1. The first-order valence-electron chi connectivity index (χ1n) is 5.17. The van der Waals surface area contributed by atoms with Gasteiger partial charge in [0.15, 0.2) is 0 Å². The van der Waals surface area contributed by atoms with Gasteiger partial charge in [-0.05, 0) is 41.1 Å². The van der Waals surface area contributed by atoms with Crippen LogP contribution in [0.25, 0.3) is 0 Å². The third kappa shape index (κ3) is 3.53.